The number of likely N-dealkylation sites (N-methyl/N-ethyl adjacent to an activating group) is 1. The van der Waals surface area contributed by atoms with E-state index in [1.165, 1.54) is 0 Å². The number of rotatable bonds is 12. The third-order valence-electron chi connectivity index (χ3n) is 5.08. The lowest BCUT2D eigenvalue weighted by atomic mass is 9.98. The number of fused-ring (bicyclic) bond motifs is 1. The van der Waals surface area contributed by atoms with Gasteiger partial charge in [-0.3, -0.25) is 14.1 Å². The molecule has 202 valence electrons. The summed E-state index contributed by atoms with van der Waals surface area (Å²) in [6.45, 7) is 9.47. The molecule has 0 atom stereocenters. The third-order valence-corrected chi connectivity index (χ3v) is 6.36. The largest absolute Gasteiger partial charge is 0.482 e. The van der Waals surface area contributed by atoms with Crippen LogP contribution in [0.25, 0.3) is 10.9 Å². The highest BCUT2D eigenvalue weighted by Gasteiger charge is 2.32. The molecule has 1 heterocycles. The number of hydrogen-bond acceptors (Lipinski definition) is 9. The molecule has 0 saturated carbocycles. The van der Waals surface area contributed by atoms with E-state index in [4.69, 9.17) is 23.0 Å². The maximum atomic E-state index is 13.3. The van der Waals surface area contributed by atoms with Crippen molar-refractivity contribution in [2.24, 2.45) is 10.8 Å². The van der Waals surface area contributed by atoms with Crippen LogP contribution in [0.5, 0.6) is 0 Å². The van der Waals surface area contributed by atoms with E-state index in [0.29, 0.717) is 0 Å². The van der Waals surface area contributed by atoms with Gasteiger partial charge in [-0.1, -0.05) is 18.2 Å². The molecule has 0 bridgehead atoms. The molecule has 1 aromatic carbocycles. The Hall–Kier alpha value is -2.23. The van der Waals surface area contributed by atoms with E-state index in [9.17, 15) is 14.2 Å². The van der Waals surface area contributed by atoms with Gasteiger partial charge in [0.2, 0.25) is 13.6 Å². The fraction of sp³-hybridized carbons (Fsp3) is 0.600. The van der Waals surface area contributed by atoms with Gasteiger partial charge >= 0.3 is 19.8 Å². The number of benzene rings is 1. The molecule has 0 unspecified atom stereocenters. The van der Waals surface area contributed by atoms with E-state index in [2.05, 4.69) is 4.90 Å². The molecule has 0 N–H and O–H groups in total. The van der Waals surface area contributed by atoms with Gasteiger partial charge in [0.25, 0.3) is 0 Å². The smallest absolute Gasteiger partial charge is 0.437 e. The van der Waals surface area contributed by atoms with Crippen molar-refractivity contribution in [1.82, 2.24) is 9.47 Å². The van der Waals surface area contributed by atoms with Crippen LogP contribution < -0.4 is 0 Å². The van der Waals surface area contributed by atoms with Crippen LogP contribution in [0.1, 0.15) is 47.1 Å². The number of para-hydroxylation sites is 1. The van der Waals surface area contributed by atoms with Crippen molar-refractivity contribution in [3.05, 3.63) is 36.0 Å². The van der Waals surface area contributed by atoms with Gasteiger partial charge in [0.05, 0.1) is 16.3 Å². The number of phosphoric acid groups is 1. The highest BCUT2D eigenvalue weighted by molar-refractivity contribution is 7.48. The zero-order valence-corrected chi connectivity index (χ0v) is 23.4. The lowest BCUT2D eigenvalue weighted by molar-refractivity contribution is -0.163. The summed E-state index contributed by atoms with van der Waals surface area (Å²) >= 11 is 0. The number of carbonyl (C=O) groups is 2. The lowest BCUT2D eigenvalue weighted by Gasteiger charge is -2.21. The van der Waals surface area contributed by atoms with Gasteiger partial charge in [-0.25, -0.2) is 13.6 Å². The van der Waals surface area contributed by atoms with Crippen molar-refractivity contribution in [2.45, 2.75) is 54.7 Å². The Balaban J connectivity index is 2.16. The number of nitrogens with zero attached hydrogens (tertiary/aromatic N) is 2. The molecule has 0 amide bonds. The summed E-state index contributed by atoms with van der Waals surface area (Å²) in [4.78, 5) is 26.2. The number of phosphoric ester groups is 1. The van der Waals surface area contributed by atoms with Crippen molar-refractivity contribution >= 4 is 30.7 Å². The number of hydrogen-bond donors (Lipinski definition) is 0. The second-order valence-corrected chi connectivity index (χ2v) is 12.4. The molecule has 0 fully saturated rings. The highest BCUT2D eigenvalue weighted by Crippen LogP contribution is 2.50. The topological polar surface area (TPSA) is 106 Å². The van der Waals surface area contributed by atoms with Crippen LogP contribution in [0.3, 0.4) is 0 Å². The fourth-order valence-corrected chi connectivity index (χ4v) is 3.79. The summed E-state index contributed by atoms with van der Waals surface area (Å²) in [7, 11) is -0.273. The summed E-state index contributed by atoms with van der Waals surface area (Å²) in [6.07, 6.45) is 2.74. The minimum absolute atomic E-state index is 0.166. The van der Waals surface area contributed by atoms with Gasteiger partial charge in [-0.05, 0) is 73.7 Å². The Kier molecular flexibility index (Phi) is 10.3. The van der Waals surface area contributed by atoms with Crippen LogP contribution in [-0.2, 0) is 50.4 Å². The van der Waals surface area contributed by atoms with Crippen molar-refractivity contribution in [3.63, 3.8) is 0 Å². The van der Waals surface area contributed by atoms with E-state index in [1.807, 2.05) is 44.6 Å². The molecule has 0 spiro atoms. The highest BCUT2D eigenvalue weighted by atomic mass is 31.2. The predicted octanol–water partition coefficient (Wildman–Crippen LogP) is 4.95. The van der Waals surface area contributed by atoms with E-state index in [1.54, 1.807) is 46.1 Å². The summed E-state index contributed by atoms with van der Waals surface area (Å²) in [5.74, 6) is -1.09. The van der Waals surface area contributed by atoms with Crippen LogP contribution >= 0.6 is 7.82 Å². The minimum Gasteiger partial charge on any atom is -0.437 e. The molecular formula is C25H39N2O8P. The van der Waals surface area contributed by atoms with Crippen molar-refractivity contribution in [1.29, 1.82) is 0 Å². The van der Waals surface area contributed by atoms with E-state index < -0.39 is 44.2 Å². The first kappa shape index (κ1) is 30.0. The Bertz CT molecular complexity index is 1050. The molecule has 11 heteroatoms. The van der Waals surface area contributed by atoms with Gasteiger partial charge < -0.3 is 18.9 Å². The summed E-state index contributed by atoms with van der Waals surface area (Å²) < 4.78 is 41.3. The first-order chi connectivity index (χ1) is 16.6. The predicted molar refractivity (Wildman–Crippen MR) is 136 cm³/mol. The fourth-order valence-electron chi connectivity index (χ4n) is 2.94. The van der Waals surface area contributed by atoms with E-state index in [-0.39, 0.29) is 6.73 Å². The van der Waals surface area contributed by atoms with Crippen LogP contribution in [0.15, 0.2) is 30.5 Å². The SMILES string of the molecule is CN(C)CCc1cn(COP(=O)(OCOC(=O)C(C)(C)C)OCOC(=O)C(C)(C)C)c2ccccc12. The van der Waals surface area contributed by atoms with E-state index in [0.717, 1.165) is 29.4 Å². The van der Waals surface area contributed by atoms with Crippen LogP contribution in [0.4, 0.5) is 0 Å². The molecule has 10 nitrogen and oxygen atoms in total. The van der Waals surface area contributed by atoms with Gasteiger partial charge in [-0.2, -0.15) is 0 Å². The summed E-state index contributed by atoms with van der Waals surface area (Å²) in [5, 5.41) is 1.05. The molecule has 0 aliphatic rings. The van der Waals surface area contributed by atoms with Gasteiger partial charge in [-0.15, -0.1) is 0 Å². The minimum atomic E-state index is -4.29. The Morgan fingerprint density at radius 2 is 1.42 bits per heavy atom. The van der Waals surface area contributed by atoms with Crippen molar-refractivity contribution in [3.8, 4) is 0 Å². The monoisotopic (exact) mass is 526 g/mol. The number of ether oxygens (including phenoxy) is 2. The standard InChI is InChI=1S/C25H39N2O8P/c1-24(2,3)22(28)31-17-34-36(30,35-18-32-23(29)25(4,5)6)33-16-27-15-19(13-14-26(7)8)20-11-9-10-12-21(20)27/h9-12,15H,13-14,16-18H2,1-8H3. The molecule has 1 aromatic heterocycles. The molecule has 0 saturated heterocycles. The molecule has 2 aromatic rings. The average Bonchev–Trinajstić information content (AvgIpc) is 3.13. The van der Waals surface area contributed by atoms with Crippen LogP contribution in [-0.4, -0.2) is 55.6 Å². The third kappa shape index (κ3) is 9.01. The maximum absolute atomic E-state index is 13.3. The summed E-state index contributed by atoms with van der Waals surface area (Å²) in [6, 6.07) is 7.80. The quantitative estimate of drug-likeness (QED) is 0.216. The van der Waals surface area contributed by atoms with Gasteiger partial charge in [0.1, 0.15) is 6.73 Å². The molecule has 36 heavy (non-hydrogen) atoms. The Labute approximate surface area is 213 Å². The molecule has 0 radical (unpaired) electrons. The first-order valence-electron chi connectivity index (χ1n) is 11.7. The summed E-state index contributed by atoms with van der Waals surface area (Å²) in [5.41, 5.74) is 0.447. The average molecular weight is 527 g/mol. The van der Waals surface area contributed by atoms with Crippen molar-refractivity contribution in [2.75, 3.05) is 34.2 Å². The molecule has 0 aliphatic heterocycles. The number of carbonyl (C=O) groups excluding carboxylic acids is 2. The van der Waals surface area contributed by atoms with Gasteiger partial charge in [0.15, 0.2) is 0 Å². The Morgan fingerprint density at radius 1 is 0.889 bits per heavy atom. The second-order valence-electron chi connectivity index (χ2n) is 10.8. The van der Waals surface area contributed by atoms with E-state index >= 15 is 0 Å². The van der Waals surface area contributed by atoms with Crippen LogP contribution in [0.2, 0.25) is 0 Å². The number of aromatic nitrogens is 1. The lowest BCUT2D eigenvalue weighted by Crippen LogP contribution is -2.25. The molecule has 0 aliphatic carbocycles. The van der Waals surface area contributed by atoms with Crippen LogP contribution in [0, 0.1) is 10.8 Å². The zero-order chi connectivity index (χ0) is 27.1. The number of esters is 2. The first-order valence-corrected chi connectivity index (χ1v) is 13.2. The molecule has 2 rings (SSSR count). The Morgan fingerprint density at radius 3 is 1.92 bits per heavy atom. The second kappa shape index (κ2) is 12.3. The maximum Gasteiger partial charge on any atom is 0.482 e. The normalized spacial score (nSPS) is 12.8. The van der Waals surface area contributed by atoms with Crippen molar-refractivity contribution < 1.29 is 37.2 Å². The zero-order valence-electron chi connectivity index (χ0n) is 22.5. The molecular weight excluding hydrogens is 487 g/mol. The van der Waals surface area contributed by atoms with Gasteiger partial charge in [0, 0.05) is 18.1 Å².